The van der Waals surface area contributed by atoms with E-state index in [0.717, 1.165) is 24.5 Å². The average molecular weight is 396 g/mol. The molecule has 0 aliphatic heterocycles. The van der Waals surface area contributed by atoms with Crippen LogP contribution in [0.25, 0.3) is 0 Å². The van der Waals surface area contributed by atoms with Gasteiger partial charge in [-0.25, -0.2) is 4.68 Å². The summed E-state index contributed by atoms with van der Waals surface area (Å²) in [5, 5.41) is 8.25. The Morgan fingerprint density at radius 3 is 2.85 bits per heavy atom. The fourth-order valence-corrected chi connectivity index (χ4v) is 3.22. The van der Waals surface area contributed by atoms with Crippen molar-refractivity contribution in [3.8, 4) is 0 Å². The molecule has 1 aromatic carbocycles. The Hall–Kier alpha value is -1.56. The Morgan fingerprint density at radius 1 is 1.35 bits per heavy atom. The molecular formula is C19H23Cl2N3O2. The third-order valence-corrected chi connectivity index (χ3v) is 5.12. The number of carbonyl (C=O) groups is 1. The molecule has 5 nitrogen and oxygen atoms in total. The summed E-state index contributed by atoms with van der Waals surface area (Å²) in [4.78, 5) is 12.5. The molecule has 0 bridgehead atoms. The monoisotopic (exact) mass is 395 g/mol. The van der Waals surface area contributed by atoms with Gasteiger partial charge in [-0.15, -0.1) is 0 Å². The standard InChI is InChI=1S/C19H23Cl2N3O2/c1-13-17(19(25)22-9-4-10-26-12-14-7-8-14)18(21)24(23-13)11-15-5-2-3-6-16(15)20/h2-3,5-6,14H,4,7-12H2,1H3,(H,22,25). The van der Waals surface area contributed by atoms with Crippen LogP contribution >= 0.6 is 23.2 Å². The highest BCUT2D eigenvalue weighted by atomic mass is 35.5. The third kappa shape index (κ3) is 5.00. The zero-order valence-corrected chi connectivity index (χ0v) is 16.3. The number of rotatable bonds is 9. The Balaban J connectivity index is 1.54. The Morgan fingerprint density at radius 2 is 2.12 bits per heavy atom. The highest BCUT2D eigenvalue weighted by Crippen LogP contribution is 2.28. The number of aromatic nitrogens is 2. The van der Waals surface area contributed by atoms with Gasteiger partial charge in [-0.1, -0.05) is 41.4 Å². The van der Waals surface area contributed by atoms with E-state index in [-0.39, 0.29) is 5.91 Å². The van der Waals surface area contributed by atoms with Crippen molar-refractivity contribution in [2.24, 2.45) is 5.92 Å². The molecular weight excluding hydrogens is 373 g/mol. The first-order valence-corrected chi connectivity index (χ1v) is 9.64. The minimum atomic E-state index is -0.208. The second-order valence-electron chi connectivity index (χ2n) is 6.63. The highest BCUT2D eigenvalue weighted by molar-refractivity contribution is 6.33. The predicted molar refractivity (Wildman–Crippen MR) is 103 cm³/mol. The largest absolute Gasteiger partial charge is 0.381 e. The van der Waals surface area contributed by atoms with Crippen LogP contribution in [-0.2, 0) is 11.3 Å². The van der Waals surface area contributed by atoms with Gasteiger partial charge in [0, 0.05) is 24.8 Å². The number of halogens is 2. The fraction of sp³-hybridized carbons (Fsp3) is 0.474. The molecule has 1 fully saturated rings. The number of aryl methyl sites for hydroxylation is 1. The Bertz CT molecular complexity index is 772. The lowest BCUT2D eigenvalue weighted by Gasteiger charge is -2.07. The van der Waals surface area contributed by atoms with Gasteiger partial charge in [0.25, 0.3) is 5.91 Å². The number of nitrogens with one attached hydrogen (secondary N) is 1. The molecule has 1 aliphatic rings. The van der Waals surface area contributed by atoms with Gasteiger partial charge in [0.15, 0.2) is 0 Å². The highest BCUT2D eigenvalue weighted by Gasteiger charge is 2.22. The fourth-order valence-electron chi connectivity index (χ4n) is 2.70. The molecule has 2 aromatic rings. The topological polar surface area (TPSA) is 56.2 Å². The van der Waals surface area contributed by atoms with E-state index in [2.05, 4.69) is 10.4 Å². The van der Waals surface area contributed by atoms with E-state index in [9.17, 15) is 4.79 Å². The minimum absolute atomic E-state index is 0.208. The molecule has 1 aliphatic carbocycles. The summed E-state index contributed by atoms with van der Waals surface area (Å²) in [5.74, 6) is 0.551. The summed E-state index contributed by atoms with van der Waals surface area (Å²) in [7, 11) is 0. The van der Waals surface area contributed by atoms with Crippen molar-refractivity contribution in [1.82, 2.24) is 15.1 Å². The molecule has 0 saturated heterocycles. The van der Waals surface area contributed by atoms with Gasteiger partial charge in [0.1, 0.15) is 5.15 Å². The molecule has 1 N–H and O–H groups in total. The van der Waals surface area contributed by atoms with Crippen LogP contribution in [0.15, 0.2) is 24.3 Å². The van der Waals surface area contributed by atoms with Crippen molar-refractivity contribution in [2.45, 2.75) is 32.7 Å². The van der Waals surface area contributed by atoms with E-state index in [4.69, 9.17) is 27.9 Å². The van der Waals surface area contributed by atoms with Gasteiger partial charge in [-0.3, -0.25) is 4.79 Å². The third-order valence-electron chi connectivity index (χ3n) is 4.37. The lowest BCUT2D eigenvalue weighted by Crippen LogP contribution is -2.26. The number of benzene rings is 1. The van der Waals surface area contributed by atoms with Crippen molar-refractivity contribution >= 4 is 29.1 Å². The SMILES string of the molecule is Cc1nn(Cc2ccccc2Cl)c(Cl)c1C(=O)NCCCOCC1CC1. The lowest BCUT2D eigenvalue weighted by molar-refractivity contribution is 0.0937. The van der Waals surface area contributed by atoms with Crippen LogP contribution in [-0.4, -0.2) is 35.4 Å². The Labute approximate surface area is 163 Å². The van der Waals surface area contributed by atoms with Gasteiger partial charge in [-0.2, -0.15) is 5.10 Å². The van der Waals surface area contributed by atoms with Crippen LogP contribution in [0.5, 0.6) is 0 Å². The van der Waals surface area contributed by atoms with E-state index in [1.165, 1.54) is 12.8 Å². The van der Waals surface area contributed by atoms with Crippen molar-refractivity contribution in [1.29, 1.82) is 0 Å². The molecule has 0 spiro atoms. The maximum atomic E-state index is 12.5. The maximum absolute atomic E-state index is 12.5. The summed E-state index contributed by atoms with van der Waals surface area (Å²) in [6, 6.07) is 7.51. The van der Waals surface area contributed by atoms with E-state index < -0.39 is 0 Å². The molecule has 140 valence electrons. The number of nitrogens with zero attached hydrogens (tertiary/aromatic N) is 2. The van der Waals surface area contributed by atoms with Crippen LogP contribution in [0, 0.1) is 12.8 Å². The van der Waals surface area contributed by atoms with Gasteiger partial charge in [-0.05, 0) is 43.7 Å². The quantitative estimate of drug-likeness (QED) is 0.650. The van der Waals surface area contributed by atoms with E-state index >= 15 is 0 Å². The zero-order valence-electron chi connectivity index (χ0n) is 14.8. The smallest absolute Gasteiger partial charge is 0.256 e. The normalized spacial score (nSPS) is 13.8. The lowest BCUT2D eigenvalue weighted by atomic mass is 10.2. The van der Waals surface area contributed by atoms with E-state index in [0.29, 0.717) is 41.1 Å². The Kier molecular flexibility index (Phi) is 6.57. The first kappa shape index (κ1) is 19.2. The molecule has 1 aromatic heterocycles. The number of ether oxygens (including phenoxy) is 1. The predicted octanol–water partition coefficient (Wildman–Crippen LogP) is 4.09. The summed E-state index contributed by atoms with van der Waals surface area (Å²) in [5.41, 5.74) is 1.92. The average Bonchev–Trinajstić information content (AvgIpc) is 3.39. The summed E-state index contributed by atoms with van der Waals surface area (Å²) in [6.07, 6.45) is 3.35. The number of carbonyl (C=O) groups excluding carboxylic acids is 1. The summed E-state index contributed by atoms with van der Waals surface area (Å²) >= 11 is 12.6. The molecule has 0 atom stereocenters. The maximum Gasteiger partial charge on any atom is 0.256 e. The molecule has 1 saturated carbocycles. The number of hydrogen-bond donors (Lipinski definition) is 1. The molecule has 0 radical (unpaired) electrons. The van der Waals surface area contributed by atoms with Crippen LogP contribution in [0.4, 0.5) is 0 Å². The van der Waals surface area contributed by atoms with Crippen molar-refractivity contribution in [3.63, 3.8) is 0 Å². The van der Waals surface area contributed by atoms with E-state index in [1.54, 1.807) is 11.6 Å². The molecule has 26 heavy (non-hydrogen) atoms. The molecule has 7 heteroatoms. The second-order valence-corrected chi connectivity index (χ2v) is 7.39. The van der Waals surface area contributed by atoms with Crippen LogP contribution in [0.1, 0.15) is 40.9 Å². The molecule has 1 heterocycles. The van der Waals surface area contributed by atoms with E-state index in [1.807, 2.05) is 24.3 Å². The molecule has 1 amide bonds. The zero-order chi connectivity index (χ0) is 18.5. The van der Waals surface area contributed by atoms with Crippen LogP contribution in [0.2, 0.25) is 10.2 Å². The minimum Gasteiger partial charge on any atom is -0.381 e. The van der Waals surface area contributed by atoms with Gasteiger partial charge < -0.3 is 10.1 Å². The van der Waals surface area contributed by atoms with Crippen LogP contribution in [0.3, 0.4) is 0 Å². The van der Waals surface area contributed by atoms with Gasteiger partial charge >= 0.3 is 0 Å². The number of amides is 1. The van der Waals surface area contributed by atoms with Crippen LogP contribution < -0.4 is 5.32 Å². The van der Waals surface area contributed by atoms with Crippen molar-refractivity contribution in [3.05, 3.63) is 51.3 Å². The first-order chi connectivity index (χ1) is 12.6. The first-order valence-electron chi connectivity index (χ1n) is 8.88. The second kappa shape index (κ2) is 8.89. The van der Waals surface area contributed by atoms with Crippen molar-refractivity contribution in [2.75, 3.05) is 19.8 Å². The molecule has 0 unspecified atom stereocenters. The summed E-state index contributed by atoms with van der Waals surface area (Å²) < 4.78 is 7.17. The molecule has 3 rings (SSSR count). The van der Waals surface area contributed by atoms with Crippen molar-refractivity contribution < 1.29 is 9.53 Å². The summed E-state index contributed by atoms with van der Waals surface area (Å²) in [6.45, 7) is 4.25. The van der Waals surface area contributed by atoms with Gasteiger partial charge in [0.05, 0.1) is 17.8 Å². The number of hydrogen-bond acceptors (Lipinski definition) is 3. The van der Waals surface area contributed by atoms with Gasteiger partial charge in [0.2, 0.25) is 0 Å².